The predicted molar refractivity (Wildman–Crippen MR) is 85.6 cm³/mol. The Labute approximate surface area is 125 Å². The molecule has 2 aromatic rings. The highest BCUT2D eigenvalue weighted by atomic mass is 35.5. The van der Waals surface area contributed by atoms with E-state index in [0.717, 1.165) is 35.2 Å². The molecule has 20 heavy (non-hydrogen) atoms. The van der Waals surface area contributed by atoms with Gasteiger partial charge in [-0.1, -0.05) is 18.5 Å². The minimum absolute atomic E-state index is 0.699. The van der Waals surface area contributed by atoms with Crippen LogP contribution in [0.15, 0.2) is 30.6 Å². The molecule has 0 aliphatic heterocycles. The summed E-state index contributed by atoms with van der Waals surface area (Å²) in [7, 11) is 3.96. The molecule has 1 heterocycles. The van der Waals surface area contributed by atoms with Crippen LogP contribution in [-0.2, 0) is 13.1 Å². The first-order valence-electron chi connectivity index (χ1n) is 6.82. The van der Waals surface area contributed by atoms with Crippen molar-refractivity contribution in [3.8, 4) is 0 Å². The highest BCUT2D eigenvalue weighted by molar-refractivity contribution is 6.33. The molecule has 1 N–H and O–H groups in total. The zero-order valence-corrected chi connectivity index (χ0v) is 13.0. The van der Waals surface area contributed by atoms with Gasteiger partial charge in [0, 0.05) is 38.7 Å². The molecule has 0 saturated carbocycles. The fourth-order valence-electron chi connectivity index (χ4n) is 2.11. The van der Waals surface area contributed by atoms with E-state index in [-0.39, 0.29) is 0 Å². The molecule has 108 valence electrons. The molecule has 0 atom stereocenters. The molecular formula is C15H21ClN4. The third-order valence-corrected chi connectivity index (χ3v) is 3.45. The lowest BCUT2D eigenvalue weighted by Crippen LogP contribution is -2.10. The zero-order valence-electron chi connectivity index (χ0n) is 12.2. The molecule has 4 nitrogen and oxygen atoms in total. The van der Waals surface area contributed by atoms with Crippen LogP contribution in [0.2, 0.25) is 5.02 Å². The number of rotatable bonds is 6. The highest BCUT2D eigenvalue weighted by Crippen LogP contribution is 2.27. The van der Waals surface area contributed by atoms with Crippen molar-refractivity contribution >= 4 is 23.0 Å². The normalized spacial score (nSPS) is 10.6. The summed E-state index contributed by atoms with van der Waals surface area (Å²) in [6, 6.07) is 6.00. The molecule has 1 aromatic heterocycles. The average molecular weight is 293 g/mol. The van der Waals surface area contributed by atoms with Crippen LogP contribution in [0.4, 0.5) is 11.4 Å². The van der Waals surface area contributed by atoms with Crippen molar-refractivity contribution in [1.82, 2.24) is 9.55 Å². The van der Waals surface area contributed by atoms with E-state index in [4.69, 9.17) is 11.6 Å². The fourth-order valence-corrected chi connectivity index (χ4v) is 2.46. The minimum Gasteiger partial charge on any atom is -0.378 e. The Hall–Kier alpha value is -1.68. The van der Waals surface area contributed by atoms with Gasteiger partial charge in [0.2, 0.25) is 0 Å². The van der Waals surface area contributed by atoms with Crippen LogP contribution in [0, 0.1) is 0 Å². The van der Waals surface area contributed by atoms with Crippen molar-refractivity contribution in [2.75, 3.05) is 24.3 Å². The predicted octanol–water partition coefficient (Wildman–Crippen LogP) is 3.62. The first kappa shape index (κ1) is 14.7. The second-order valence-corrected chi connectivity index (χ2v) is 5.36. The molecule has 0 aliphatic carbocycles. The molecule has 0 fully saturated rings. The second kappa shape index (κ2) is 6.66. The van der Waals surface area contributed by atoms with Crippen LogP contribution < -0.4 is 10.2 Å². The van der Waals surface area contributed by atoms with Gasteiger partial charge in [0.1, 0.15) is 5.82 Å². The van der Waals surface area contributed by atoms with E-state index in [0.29, 0.717) is 6.54 Å². The van der Waals surface area contributed by atoms with E-state index in [1.807, 2.05) is 49.6 Å². The second-order valence-electron chi connectivity index (χ2n) is 4.95. The van der Waals surface area contributed by atoms with Crippen molar-refractivity contribution < 1.29 is 0 Å². The van der Waals surface area contributed by atoms with E-state index in [2.05, 4.69) is 21.8 Å². The number of halogens is 1. The van der Waals surface area contributed by atoms with Crippen LogP contribution in [0.1, 0.15) is 19.2 Å². The molecule has 0 aliphatic rings. The number of benzene rings is 1. The van der Waals surface area contributed by atoms with Gasteiger partial charge < -0.3 is 14.8 Å². The summed E-state index contributed by atoms with van der Waals surface area (Å²) in [6.07, 6.45) is 4.96. The number of aryl methyl sites for hydroxylation is 1. The summed E-state index contributed by atoms with van der Waals surface area (Å²) in [5.74, 6) is 1.04. The summed E-state index contributed by atoms with van der Waals surface area (Å²) in [6.45, 7) is 3.86. The average Bonchev–Trinajstić information content (AvgIpc) is 2.84. The molecular weight excluding hydrogens is 272 g/mol. The maximum absolute atomic E-state index is 6.26. The van der Waals surface area contributed by atoms with Gasteiger partial charge in [-0.25, -0.2) is 4.98 Å². The topological polar surface area (TPSA) is 33.1 Å². The Morgan fingerprint density at radius 2 is 2.15 bits per heavy atom. The maximum Gasteiger partial charge on any atom is 0.128 e. The summed E-state index contributed by atoms with van der Waals surface area (Å²) in [4.78, 5) is 6.38. The first-order valence-corrected chi connectivity index (χ1v) is 7.20. The van der Waals surface area contributed by atoms with Gasteiger partial charge in [0.15, 0.2) is 0 Å². The molecule has 0 unspecified atom stereocenters. The lowest BCUT2D eigenvalue weighted by molar-refractivity contribution is 0.644. The lowest BCUT2D eigenvalue weighted by Gasteiger charge is -2.16. The molecule has 0 bridgehead atoms. The number of aromatic nitrogens is 2. The Morgan fingerprint density at radius 1 is 1.35 bits per heavy atom. The number of hydrogen-bond donors (Lipinski definition) is 1. The Morgan fingerprint density at radius 3 is 2.80 bits per heavy atom. The number of nitrogens with one attached hydrogen (secondary N) is 1. The molecule has 1 aromatic carbocycles. The van der Waals surface area contributed by atoms with Crippen LogP contribution in [0.5, 0.6) is 0 Å². The van der Waals surface area contributed by atoms with E-state index in [1.165, 1.54) is 0 Å². The summed E-state index contributed by atoms with van der Waals surface area (Å²) in [5.41, 5.74) is 2.02. The van der Waals surface area contributed by atoms with Crippen LogP contribution in [-0.4, -0.2) is 23.6 Å². The third kappa shape index (κ3) is 3.45. The molecule has 0 amide bonds. The van der Waals surface area contributed by atoms with Crippen molar-refractivity contribution in [3.63, 3.8) is 0 Å². The van der Waals surface area contributed by atoms with Crippen LogP contribution >= 0.6 is 11.6 Å². The monoisotopic (exact) mass is 292 g/mol. The van der Waals surface area contributed by atoms with Gasteiger partial charge in [0.05, 0.1) is 17.3 Å². The summed E-state index contributed by atoms with van der Waals surface area (Å²) in [5, 5.41) is 4.11. The number of imidazole rings is 1. The van der Waals surface area contributed by atoms with E-state index in [1.54, 1.807) is 0 Å². The third-order valence-electron chi connectivity index (χ3n) is 3.15. The van der Waals surface area contributed by atoms with E-state index >= 15 is 0 Å². The zero-order chi connectivity index (χ0) is 14.5. The smallest absolute Gasteiger partial charge is 0.128 e. The Kier molecular flexibility index (Phi) is 4.90. The van der Waals surface area contributed by atoms with Crippen LogP contribution in [0.3, 0.4) is 0 Å². The quantitative estimate of drug-likeness (QED) is 0.883. The highest BCUT2D eigenvalue weighted by Gasteiger charge is 2.05. The van der Waals surface area contributed by atoms with Crippen molar-refractivity contribution in [1.29, 1.82) is 0 Å². The van der Waals surface area contributed by atoms with Gasteiger partial charge in [-0.3, -0.25) is 0 Å². The molecule has 0 radical (unpaired) electrons. The first-order chi connectivity index (χ1) is 9.61. The van der Waals surface area contributed by atoms with Gasteiger partial charge in [-0.05, 0) is 24.6 Å². The number of nitrogens with zero attached hydrogens (tertiary/aromatic N) is 3. The molecule has 5 heteroatoms. The molecule has 0 saturated heterocycles. The van der Waals surface area contributed by atoms with Gasteiger partial charge in [0.25, 0.3) is 0 Å². The maximum atomic E-state index is 6.26. The largest absolute Gasteiger partial charge is 0.378 e. The molecule has 2 rings (SSSR count). The van der Waals surface area contributed by atoms with Crippen molar-refractivity contribution in [2.24, 2.45) is 0 Å². The van der Waals surface area contributed by atoms with E-state index in [9.17, 15) is 0 Å². The summed E-state index contributed by atoms with van der Waals surface area (Å²) < 4.78 is 2.17. The van der Waals surface area contributed by atoms with Crippen molar-refractivity contribution in [3.05, 3.63) is 41.4 Å². The standard InChI is InChI=1S/C15H21ClN4/c1-4-8-20-9-7-17-15(20)11-18-12-5-6-14(19(2)3)13(16)10-12/h5-7,9-10,18H,4,8,11H2,1-3H3. The van der Waals surface area contributed by atoms with E-state index < -0.39 is 0 Å². The van der Waals surface area contributed by atoms with Crippen LogP contribution in [0.25, 0.3) is 0 Å². The molecule has 0 spiro atoms. The Balaban J connectivity index is 2.04. The fraction of sp³-hybridized carbons (Fsp3) is 0.400. The lowest BCUT2D eigenvalue weighted by atomic mass is 10.2. The van der Waals surface area contributed by atoms with Gasteiger partial charge >= 0.3 is 0 Å². The van der Waals surface area contributed by atoms with Gasteiger partial charge in [-0.2, -0.15) is 0 Å². The summed E-state index contributed by atoms with van der Waals surface area (Å²) >= 11 is 6.26. The van der Waals surface area contributed by atoms with Gasteiger partial charge in [-0.15, -0.1) is 0 Å². The minimum atomic E-state index is 0.699. The number of anilines is 2. The van der Waals surface area contributed by atoms with Crippen molar-refractivity contribution in [2.45, 2.75) is 26.4 Å². The Bertz CT molecular complexity index is 563. The number of hydrogen-bond acceptors (Lipinski definition) is 3. The SMILES string of the molecule is CCCn1ccnc1CNc1ccc(N(C)C)c(Cl)c1.